The quantitative estimate of drug-likeness (QED) is 0.750. The third kappa shape index (κ3) is 3.91. The molecular formula is C18H25ClN2O3. The number of benzene rings is 1. The number of carbonyl (C=O) groups is 1. The molecule has 2 aliphatic heterocycles. The van der Waals surface area contributed by atoms with Gasteiger partial charge in [0.1, 0.15) is 0 Å². The molecule has 1 aromatic rings. The summed E-state index contributed by atoms with van der Waals surface area (Å²) in [5, 5.41) is 21.9. The zero-order valence-electron chi connectivity index (χ0n) is 13.7. The molecule has 4 rings (SSSR count). The van der Waals surface area contributed by atoms with E-state index >= 15 is 0 Å². The van der Waals surface area contributed by atoms with Crippen LogP contribution < -0.4 is 5.32 Å². The highest BCUT2D eigenvalue weighted by Crippen LogP contribution is 2.50. The minimum Gasteiger partial charge on any atom is -0.392 e. The van der Waals surface area contributed by atoms with Crippen molar-refractivity contribution in [2.75, 3.05) is 26.2 Å². The molecule has 3 N–H and O–H groups in total. The molecule has 1 amide bonds. The zero-order valence-corrected chi connectivity index (χ0v) is 14.5. The van der Waals surface area contributed by atoms with Crippen molar-refractivity contribution in [3.05, 3.63) is 34.9 Å². The average molecular weight is 353 g/mol. The van der Waals surface area contributed by atoms with Crippen LogP contribution in [0.3, 0.4) is 0 Å². The average Bonchev–Trinajstić information content (AvgIpc) is 3.04. The molecule has 6 heteroatoms. The first-order valence-electron chi connectivity index (χ1n) is 8.63. The molecule has 132 valence electrons. The SMILES string of the molecule is O=C(N1CCC(O)C1)C1(c2ccc(Cl)cc2)CC1.OC1CCNC1. The summed E-state index contributed by atoms with van der Waals surface area (Å²) in [5.41, 5.74) is 0.715. The Morgan fingerprint density at radius 1 is 1.17 bits per heavy atom. The van der Waals surface area contributed by atoms with E-state index in [1.165, 1.54) is 0 Å². The number of likely N-dealkylation sites (tertiary alicyclic amines) is 1. The van der Waals surface area contributed by atoms with Gasteiger partial charge in [0.05, 0.1) is 17.6 Å². The van der Waals surface area contributed by atoms with Gasteiger partial charge in [-0.25, -0.2) is 0 Å². The summed E-state index contributed by atoms with van der Waals surface area (Å²) in [4.78, 5) is 14.3. The summed E-state index contributed by atoms with van der Waals surface area (Å²) in [6, 6.07) is 7.56. The van der Waals surface area contributed by atoms with E-state index in [0.29, 0.717) is 24.5 Å². The number of carbonyl (C=O) groups excluding carboxylic acids is 1. The van der Waals surface area contributed by atoms with Crippen LogP contribution in [0.4, 0.5) is 0 Å². The smallest absolute Gasteiger partial charge is 0.233 e. The molecule has 1 aliphatic carbocycles. The summed E-state index contributed by atoms with van der Waals surface area (Å²) in [5.74, 6) is 0.168. The molecule has 2 atom stereocenters. The Kier molecular flexibility index (Phi) is 5.45. The number of β-amino-alcohol motifs (C(OH)–C–C–N with tert-alkyl or cyclic N) is 2. The molecule has 3 aliphatic rings. The second-order valence-electron chi connectivity index (χ2n) is 6.93. The van der Waals surface area contributed by atoms with E-state index in [-0.39, 0.29) is 23.5 Å². The highest BCUT2D eigenvalue weighted by Gasteiger charge is 2.53. The van der Waals surface area contributed by atoms with E-state index < -0.39 is 0 Å². The van der Waals surface area contributed by atoms with Crippen molar-refractivity contribution in [3.63, 3.8) is 0 Å². The Morgan fingerprint density at radius 2 is 1.88 bits per heavy atom. The number of hydrogen-bond acceptors (Lipinski definition) is 4. The molecule has 3 fully saturated rings. The summed E-state index contributed by atoms with van der Waals surface area (Å²) >= 11 is 5.88. The maximum absolute atomic E-state index is 12.5. The topological polar surface area (TPSA) is 72.8 Å². The Labute approximate surface area is 147 Å². The molecular weight excluding hydrogens is 328 g/mol. The zero-order chi connectivity index (χ0) is 17.2. The van der Waals surface area contributed by atoms with Crippen molar-refractivity contribution in [2.45, 2.75) is 43.3 Å². The molecule has 2 unspecified atom stereocenters. The third-order valence-electron chi connectivity index (χ3n) is 5.04. The minimum atomic E-state index is -0.352. The first kappa shape index (κ1) is 17.7. The van der Waals surface area contributed by atoms with Crippen molar-refractivity contribution in [1.29, 1.82) is 0 Å². The van der Waals surface area contributed by atoms with Crippen molar-refractivity contribution >= 4 is 17.5 Å². The van der Waals surface area contributed by atoms with Crippen LogP contribution in [0, 0.1) is 0 Å². The van der Waals surface area contributed by atoms with Crippen LogP contribution in [0.2, 0.25) is 5.02 Å². The van der Waals surface area contributed by atoms with Gasteiger partial charge in [-0.2, -0.15) is 0 Å². The van der Waals surface area contributed by atoms with Crippen LogP contribution in [-0.4, -0.2) is 59.4 Å². The maximum Gasteiger partial charge on any atom is 0.233 e. The molecule has 0 spiro atoms. The fourth-order valence-electron chi connectivity index (χ4n) is 3.39. The van der Waals surface area contributed by atoms with E-state index in [4.69, 9.17) is 16.7 Å². The van der Waals surface area contributed by atoms with Crippen LogP contribution >= 0.6 is 11.6 Å². The number of aliphatic hydroxyl groups excluding tert-OH is 2. The van der Waals surface area contributed by atoms with Gasteiger partial charge < -0.3 is 20.4 Å². The highest BCUT2D eigenvalue weighted by atomic mass is 35.5. The molecule has 1 saturated carbocycles. The van der Waals surface area contributed by atoms with Crippen molar-refractivity contribution in [1.82, 2.24) is 10.2 Å². The van der Waals surface area contributed by atoms with E-state index in [9.17, 15) is 9.90 Å². The maximum atomic E-state index is 12.5. The van der Waals surface area contributed by atoms with Crippen LogP contribution in [0.15, 0.2) is 24.3 Å². The van der Waals surface area contributed by atoms with Gasteiger partial charge in [-0.3, -0.25) is 4.79 Å². The largest absolute Gasteiger partial charge is 0.392 e. The van der Waals surface area contributed by atoms with Crippen LogP contribution in [0.5, 0.6) is 0 Å². The lowest BCUT2D eigenvalue weighted by atomic mass is 9.94. The number of nitrogens with zero attached hydrogens (tertiary/aromatic N) is 1. The lowest BCUT2D eigenvalue weighted by Crippen LogP contribution is -2.38. The number of rotatable bonds is 2. The Hall–Kier alpha value is -1.14. The second kappa shape index (κ2) is 7.40. The molecule has 1 aromatic carbocycles. The van der Waals surface area contributed by atoms with E-state index in [1.807, 2.05) is 24.3 Å². The van der Waals surface area contributed by atoms with Gasteiger partial charge in [0.25, 0.3) is 0 Å². The van der Waals surface area contributed by atoms with Crippen molar-refractivity contribution in [2.24, 2.45) is 0 Å². The summed E-state index contributed by atoms with van der Waals surface area (Å²) in [7, 11) is 0. The lowest BCUT2D eigenvalue weighted by Gasteiger charge is -2.23. The Bertz CT molecular complexity index is 568. The van der Waals surface area contributed by atoms with E-state index in [2.05, 4.69) is 5.32 Å². The van der Waals surface area contributed by atoms with Crippen LogP contribution in [0.25, 0.3) is 0 Å². The highest BCUT2D eigenvalue weighted by molar-refractivity contribution is 6.30. The van der Waals surface area contributed by atoms with Gasteiger partial charge in [0.2, 0.25) is 5.91 Å². The molecule has 0 bridgehead atoms. The Balaban J connectivity index is 0.000000238. The van der Waals surface area contributed by atoms with E-state index in [0.717, 1.165) is 37.9 Å². The molecule has 0 radical (unpaired) electrons. The number of amides is 1. The van der Waals surface area contributed by atoms with Crippen molar-refractivity contribution < 1.29 is 15.0 Å². The van der Waals surface area contributed by atoms with Gasteiger partial charge in [0.15, 0.2) is 0 Å². The number of aliphatic hydroxyl groups is 2. The van der Waals surface area contributed by atoms with Gasteiger partial charge >= 0.3 is 0 Å². The minimum absolute atomic E-state index is 0.0648. The van der Waals surface area contributed by atoms with Gasteiger partial charge in [-0.15, -0.1) is 0 Å². The molecule has 2 heterocycles. The first-order chi connectivity index (χ1) is 11.5. The normalized spacial score (nSPS) is 27.5. The van der Waals surface area contributed by atoms with Gasteiger partial charge in [-0.05, 0) is 49.9 Å². The van der Waals surface area contributed by atoms with E-state index in [1.54, 1.807) is 4.90 Å². The number of halogens is 1. The number of nitrogens with one attached hydrogen (secondary N) is 1. The van der Waals surface area contributed by atoms with Crippen LogP contribution in [0.1, 0.15) is 31.2 Å². The molecule has 0 aromatic heterocycles. The monoisotopic (exact) mass is 352 g/mol. The second-order valence-corrected chi connectivity index (χ2v) is 7.37. The lowest BCUT2D eigenvalue weighted by molar-refractivity contribution is -0.133. The summed E-state index contributed by atoms with van der Waals surface area (Å²) < 4.78 is 0. The van der Waals surface area contributed by atoms with Crippen LogP contribution in [-0.2, 0) is 10.2 Å². The predicted molar refractivity (Wildman–Crippen MR) is 93.1 cm³/mol. The van der Waals surface area contributed by atoms with Gasteiger partial charge in [0, 0.05) is 24.7 Å². The van der Waals surface area contributed by atoms with Gasteiger partial charge in [-0.1, -0.05) is 23.7 Å². The Morgan fingerprint density at radius 3 is 2.29 bits per heavy atom. The molecule has 5 nitrogen and oxygen atoms in total. The summed E-state index contributed by atoms with van der Waals surface area (Å²) in [6.07, 6.45) is 3.02. The summed E-state index contributed by atoms with van der Waals surface area (Å²) in [6.45, 7) is 2.94. The first-order valence-corrected chi connectivity index (χ1v) is 9.01. The molecule has 24 heavy (non-hydrogen) atoms. The predicted octanol–water partition coefficient (Wildman–Crippen LogP) is 1.31. The fraction of sp³-hybridized carbons (Fsp3) is 0.611. The fourth-order valence-corrected chi connectivity index (χ4v) is 3.51. The third-order valence-corrected chi connectivity index (χ3v) is 5.29. The van der Waals surface area contributed by atoms with Crippen molar-refractivity contribution in [3.8, 4) is 0 Å². The molecule has 2 saturated heterocycles. The number of hydrogen-bond donors (Lipinski definition) is 3. The standard InChI is InChI=1S/C14H16ClNO2.C4H9NO/c15-11-3-1-10(2-4-11)14(6-7-14)13(18)16-8-5-12(17)9-16;6-4-1-2-5-3-4/h1-4,12,17H,5-9H2;4-6H,1-3H2.